The average Bonchev–Trinajstić information content (AvgIpc) is 2.62. The van der Waals surface area contributed by atoms with Gasteiger partial charge in [-0.05, 0) is 75.7 Å². The van der Waals surface area contributed by atoms with Gasteiger partial charge in [0, 0.05) is 12.2 Å². The van der Waals surface area contributed by atoms with Crippen molar-refractivity contribution in [1.82, 2.24) is 4.90 Å². The number of methoxy groups -OCH3 is 1. The molecule has 2 aromatic carbocycles. The van der Waals surface area contributed by atoms with Crippen molar-refractivity contribution >= 4 is 11.6 Å². The number of anilines is 1. The van der Waals surface area contributed by atoms with Crippen molar-refractivity contribution in [3.05, 3.63) is 53.1 Å². The first-order chi connectivity index (χ1) is 12.8. The maximum absolute atomic E-state index is 12.6. The van der Waals surface area contributed by atoms with E-state index >= 15 is 0 Å². The molecule has 0 aliphatic rings. The molecule has 0 fully saturated rings. The third-order valence-electron chi connectivity index (χ3n) is 4.63. The van der Waals surface area contributed by atoms with Gasteiger partial charge in [0.1, 0.15) is 11.5 Å². The number of ether oxygens (including phenoxy) is 2. The molecule has 1 N–H and O–H groups in total. The lowest BCUT2D eigenvalue weighted by Crippen LogP contribution is -2.39. The van der Waals surface area contributed by atoms with Crippen LogP contribution in [0.15, 0.2) is 36.4 Å². The van der Waals surface area contributed by atoms with E-state index in [1.165, 1.54) is 0 Å². The van der Waals surface area contributed by atoms with Crippen LogP contribution in [0.4, 0.5) is 5.69 Å². The average molecular weight is 370 g/mol. The van der Waals surface area contributed by atoms with Crippen LogP contribution in [-0.4, -0.2) is 37.6 Å². The Balaban J connectivity index is 1.99. The number of hydrogen-bond donors (Lipinski definition) is 1. The molecular formula is C22H30N2O3. The first-order valence-electron chi connectivity index (χ1n) is 9.23. The molecule has 1 unspecified atom stereocenters. The third-order valence-corrected chi connectivity index (χ3v) is 4.63. The fraction of sp³-hybridized carbons (Fsp3) is 0.409. The van der Waals surface area contributed by atoms with Crippen molar-refractivity contribution in [2.24, 2.45) is 0 Å². The topological polar surface area (TPSA) is 50.8 Å². The highest BCUT2D eigenvalue weighted by atomic mass is 16.5. The summed E-state index contributed by atoms with van der Waals surface area (Å²) in [5.74, 6) is 1.68. The van der Waals surface area contributed by atoms with E-state index in [0.717, 1.165) is 33.9 Å². The summed E-state index contributed by atoms with van der Waals surface area (Å²) in [4.78, 5) is 14.6. The molecule has 2 rings (SSSR count). The van der Waals surface area contributed by atoms with E-state index in [9.17, 15) is 4.79 Å². The molecule has 0 saturated carbocycles. The summed E-state index contributed by atoms with van der Waals surface area (Å²) in [7, 11) is 3.64. The maximum Gasteiger partial charge on any atom is 0.241 e. The van der Waals surface area contributed by atoms with Crippen LogP contribution in [0.1, 0.15) is 30.5 Å². The van der Waals surface area contributed by atoms with E-state index in [0.29, 0.717) is 13.2 Å². The quantitative estimate of drug-likeness (QED) is 0.758. The van der Waals surface area contributed by atoms with Gasteiger partial charge in [-0.25, -0.2) is 0 Å². The second-order valence-electron chi connectivity index (χ2n) is 6.80. The standard InChI is InChI=1S/C22H30N2O3/c1-7-27-20-10-8-19(9-11-20)23-22(25)17(4)24(5)14-18-12-15(2)21(26-6)16(3)13-18/h8-13,17H,7,14H2,1-6H3,(H,23,25). The van der Waals surface area contributed by atoms with Crippen LogP contribution >= 0.6 is 0 Å². The molecule has 0 spiro atoms. The van der Waals surface area contributed by atoms with Crippen LogP contribution in [0.3, 0.4) is 0 Å². The molecule has 0 bridgehead atoms. The van der Waals surface area contributed by atoms with E-state index in [2.05, 4.69) is 17.4 Å². The molecule has 0 aliphatic carbocycles. The Hall–Kier alpha value is -2.53. The summed E-state index contributed by atoms with van der Waals surface area (Å²) in [5, 5.41) is 2.96. The summed E-state index contributed by atoms with van der Waals surface area (Å²) in [6.45, 7) is 9.24. The summed E-state index contributed by atoms with van der Waals surface area (Å²) in [5.41, 5.74) is 4.13. The number of amides is 1. The van der Waals surface area contributed by atoms with Crippen LogP contribution in [0.5, 0.6) is 11.5 Å². The molecule has 0 radical (unpaired) electrons. The Morgan fingerprint density at radius 2 is 1.74 bits per heavy atom. The van der Waals surface area contributed by atoms with Crippen molar-refractivity contribution in [3.8, 4) is 11.5 Å². The second kappa shape index (κ2) is 9.42. The van der Waals surface area contributed by atoms with Gasteiger partial charge in [0.25, 0.3) is 0 Å². The van der Waals surface area contributed by atoms with Gasteiger partial charge in [0.05, 0.1) is 19.8 Å². The van der Waals surface area contributed by atoms with Gasteiger partial charge in [-0.3, -0.25) is 9.69 Å². The number of benzene rings is 2. The zero-order chi connectivity index (χ0) is 20.0. The Morgan fingerprint density at radius 1 is 1.15 bits per heavy atom. The summed E-state index contributed by atoms with van der Waals surface area (Å²) in [6.07, 6.45) is 0. The van der Waals surface area contributed by atoms with E-state index in [4.69, 9.17) is 9.47 Å². The Bertz CT molecular complexity index is 749. The molecule has 1 atom stereocenters. The van der Waals surface area contributed by atoms with Gasteiger partial charge in [0.2, 0.25) is 5.91 Å². The van der Waals surface area contributed by atoms with E-state index < -0.39 is 0 Å². The largest absolute Gasteiger partial charge is 0.496 e. The molecule has 1 amide bonds. The van der Waals surface area contributed by atoms with E-state index in [-0.39, 0.29) is 11.9 Å². The van der Waals surface area contributed by atoms with Crippen LogP contribution in [0.25, 0.3) is 0 Å². The number of hydrogen-bond acceptors (Lipinski definition) is 4. The minimum Gasteiger partial charge on any atom is -0.496 e. The lowest BCUT2D eigenvalue weighted by molar-refractivity contribution is -0.120. The maximum atomic E-state index is 12.6. The van der Waals surface area contributed by atoms with Gasteiger partial charge < -0.3 is 14.8 Å². The molecule has 27 heavy (non-hydrogen) atoms. The van der Waals surface area contributed by atoms with Crippen molar-refractivity contribution in [2.75, 3.05) is 26.1 Å². The number of nitrogens with zero attached hydrogens (tertiary/aromatic N) is 1. The second-order valence-corrected chi connectivity index (χ2v) is 6.80. The lowest BCUT2D eigenvalue weighted by Gasteiger charge is -2.24. The Kier molecular flexibility index (Phi) is 7.25. The number of likely N-dealkylation sites (N-methyl/N-ethyl adjacent to an activating group) is 1. The normalized spacial score (nSPS) is 12.0. The molecule has 5 heteroatoms. The third kappa shape index (κ3) is 5.47. The van der Waals surface area contributed by atoms with Crippen LogP contribution < -0.4 is 14.8 Å². The SMILES string of the molecule is CCOc1ccc(NC(=O)C(C)N(C)Cc2cc(C)c(OC)c(C)c2)cc1. The Labute approximate surface area is 162 Å². The smallest absolute Gasteiger partial charge is 0.241 e. The summed E-state index contributed by atoms with van der Waals surface area (Å²) in [6, 6.07) is 11.4. The van der Waals surface area contributed by atoms with Crippen molar-refractivity contribution in [2.45, 2.75) is 40.3 Å². The molecule has 5 nitrogen and oxygen atoms in total. The Morgan fingerprint density at radius 3 is 2.26 bits per heavy atom. The predicted octanol–water partition coefficient (Wildman–Crippen LogP) is 4.17. The molecule has 0 aromatic heterocycles. The molecule has 146 valence electrons. The highest BCUT2D eigenvalue weighted by Crippen LogP contribution is 2.25. The van der Waals surface area contributed by atoms with Crippen molar-refractivity contribution in [3.63, 3.8) is 0 Å². The van der Waals surface area contributed by atoms with Crippen LogP contribution in [0.2, 0.25) is 0 Å². The van der Waals surface area contributed by atoms with E-state index in [1.807, 2.05) is 63.9 Å². The van der Waals surface area contributed by atoms with Gasteiger partial charge in [-0.1, -0.05) is 12.1 Å². The first kappa shape index (κ1) is 20.8. The highest BCUT2D eigenvalue weighted by molar-refractivity contribution is 5.94. The van der Waals surface area contributed by atoms with Crippen molar-refractivity contribution in [1.29, 1.82) is 0 Å². The monoisotopic (exact) mass is 370 g/mol. The van der Waals surface area contributed by atoms with Gasteiger partial charge >= 0.3 is 0 Å². The summed E-state index contributed by atoms with van der Waals surface area (Å²) < 4.78 is 10.8. The molecule has 0 heterocycles. The summed E-state index contributed by atoms with van der Waals surface area (Å²) >= 11 is 0. The number of carbonyl (C=O) groups excluding carboxylic acids is 1. The molecule has 0 aliphatic heterocycles. The van der Waals surface area contributed by atoms with Crippen molar-refractivity contribution < 1.29 is 14.3 Å². The van der Waals surface area contributed by atoms with E-state index in [1.54, 1.807) is 7.11 Å². The highest BCUT2D eigenvalue weighted by Gasteiger charge is 2.19. The lowest BCUT2D eigenvalue weighted by atomic mass is 10.0. The fourth-order valence-corrected chi connectivity index (χ4v) is 3.13. The number of rotatable bonds is 8. The fourth-order valence-electron chi connectivity index (χ4n) is 3.13. The van der Waals surface area contributed by atoms with Gasteiger partial charge in [-0.15, -0.1) is 0 Å². The van der Waals surface area contributed by atoms with Gasteiger partial charge in [-0.2, -0.15) is 0 Å². The minimum atomic E-state index is -0.265. The van der Waals surface area contributed by atoms with Gasteiger partial charge in [0.15, 0.2) is 0 Å². The van der Waals surface area contributed by atoms with Crippen LogP contribution in [-0.2, 0) is 11.3 Å². The zero-order valence-electron chi connectivity index (χ0n) is 17.1. The minimum absolute atomic E-state index is 0.0383. The molecular weight excluding hydrogens is 340 g/mol. The molecule has 2 aromatic rings. The number of carbonyl (C=O) groups is 1. The number of aryl methyl sites for hydroxylation is 2. The zero-order valence-corrected chi connectivity index (χ0v) is 17.1. The predicted molar refractivity (Wildman–Crippen MR) is 110 cm³/mol. The number of nitrogens with one attached hydrogen (secondary N) is 1. The molecule has 0 saturated heterocycles. The first-order valence-corrected chi connectivity index (χ1v) is 9.23. The van der Waals surface area contributed by atoms with Crippen LogP contribution in [0, 0.1) is 13.8 Å².